The lowest BCUT2D eigenvalue weighted by Gasteiger charge is -2.18. The predicted octanol–water partition coefficient (Wildman–Crippen LogP) is 4.54. The fraction of sp³-hybridized carbons (Fsp3) is 0.938. The SMILES string of the molecule is CC(C)(C)CCCCCCNC(=O)CC(C)(C)C. The molecule has 108 valence electrons. The number of nitrogens with one attached hydrogen (secondary N) is 1. The highest BCUT2D eigenvalue weighted by molar-refractivity contribution is 5.76. The van der Waals surface area contributed by atoms with Crippen LogP contribution in [0.1, 0.15) is 80.1 Å². The second kappa shape index (κ2) is 7.81. The minimum atomic E-state index is 0.0940. The second-order valence-corrected chi connectivity index (χ2v) is 7.81. The lowest BCUT2D eigenvalue weighted by molar-refractivity contribution is -0.122. The molecule has 0 aliphatic rings. The maximum Gasteiger partial charge on any atom is 0.220 e. The van der Waals surface area contributed by atoms with E-state index in [0.29, 0.717) is 11.8 Å². The molecule has 0 atom stereocenters. The van der Waals surface area contributed by atoms with Crippen LogP contribution in [-0.4, -0.2) is 12.5 Å². The summed E-state index contributed by atoms with van der Waals surface area (Å²) in [6.45, 7) is 14.0. The van der Waals surface area contributed by atoms with Gasteiger partial charge in [-0.2, -0.15) is 0 Å². The van der Waals surface area contributed by atoms with Gasteiger partial charge in [0, 0.05) is 13.0 Å². The van der Waals surface area contributed by atoms with Gasteiger partial charge in [-0.05, 0) is 23.7 Å². The highest BCUT2D eigenvalue weighted by Gasteiger charge is 2.15. The van der Waals surface area contributed by atoms with Crippen molar-refractivity contribution in [2.75, 3.05) is 6.54 Å². The molecule has 0 heterocycles. The van der Waals surface area contributed by atoms with Gasteiger partial charge in [0.1, 0.15) is 0 Å². The van der Waals surface area contributed by atoms with Gasteiger partial charge < -0.3 is 5.32 Å². The normalized spacial score (nSPS) is 12.6. The second-order valence-electron chi connectivity index (χ2n) is 7.81. The molecular formula is C16H33NO. The summed E-state index contributed by atoms with van der Waals surface area (Å²) >= 11 is 0. The first-order chi connectivity index (χ1) is 8.10. The Balaban J connectivity index is 3.39. The first-order valence-corrected chi connectivity index (χ1v) is 7.37. The summed E-state index contributed by atoms with van der Waals surface area (Å²) in [5.74, 6) is 0.192. The number of carbonyl (C=O) groups excluding carboxylic acids is 1. The molecule has 0 rings (SSSR count). The van der Waals surface area contributed by atoms with E-state index in [1.807, 2.05) is 0 Å². The largest absolute Gasteiger partial charge is 0.356 e. The van der Waals surface area contributed by atoms with E-state index in [2.05, 4.69) is 46.9 Å². The molecule has 0 unspecified atom stereocenters. The summed E-state index contributed by atoms with van der Waals surface area (Å²) in [4.78, 5) is 11.6. The Morgan fingerprint density at radius 1 is 0.833 bits per heavy atom. The molecule has 0 aromatic rings. The molecule has 0 aromatic heterocycles. The number of hydrogen-bond acceptors (Lipinski definition) is 1. The average Bonchev–Trinajstić information content (AvgIpc) is 2.11. The van der Waals surface area contributed by atoms with Crippen molar-refractivity contribution >= 4 is 5.91 Å². The average molecular weight is 255 g/mol. The van der Waals surface area contributed by atoms with Crippen molar-refractivity contribution < 1.29 is 4.79 Å². The van der Waals surface area contributed by atoms with Gasteiger partial charge in [-0.15, -0.1) is 0 Å². The Labute approximate surface area is 114 Å². The first-order valence-electron chi connectivity index (χ1n) is 7.37. The molecule has 18 heavy (non-hydrogen) atoms. The van der Waals surface area contributed by atoms with Crippen molar-refractivity contribution in [3.8, 4) is 0 Å². The Hall–Kier alpha value is -0.530. The summed E-state index contributed by atoms with van der Waals surface area (Å²) in [7, 11) is 0. The Morgan fingerprint density at radius 2 is 1.39 bits per heavy atom. The summed E-state index contributed by atoms with van der Waals surface area (Å²) in [5.41, 5.74) is 0.553. The van der Waals surface area contributed by atoms with Gasteiger partial charge in [-0.25, -0.2) is 0 Å². The van der Waals surface area contributed by atoms with Gasteiger partial charge >= 0.3 is 0 Å². The third-order valence-electron chi connectivity index (χ3n) is 2.87. The van der Waals surface area contributed by atoms with Crippen molar-refractivity contribution in [1.82, 2.24) is 5.32 Å². The van der Waals surface area contributed by atoms with Crippen molar-refractivity contribution in [3.63, 3.8) is 0 Å². The van der Waals surface area contributed by atoms with Gasteiger partial charge in [-0.1, -0.05) is 60.8 Å². The molecule has 0 aliphatic carbocycles. The fourth-order valence-corrected chi connectivity index (χ4v) is 1.91. The van der Waals surface area contributed by atoms with E-state index in [-0.39, 0.29) is 11.3 Å². The van der Waals surface area contributed by atoms with Crippen LogP contribution in [0.15, 0.2) is 0 Å². The van der Waals surface area contributed by atoms with Crippen LogP contribution < -0.4 is 5.32 Å². The van der Waals surface area contributed by atoms with Crippen LogP contribution in [0.3, 0.4) is 0 Å². The smallest absolute Gasteiger partial charge is 0.220 e. The molecule has 1 N–H and O–H groups in total. The van der Waals surface area contributed by atoms with E-state index in [1.165, 1.54) is 25.7 Å². The van der Waals surface area contributed by atoms with Gasteiger partial charge in [-0.3, -0.25) is 4.79 Å². The standard InChI is InChI=1S/C16H33NO/c1-15(2,3)11-9-7-8-10-12-17-14(18)13-16(4,5)6/h7-13H2,1-6H3,(H,17,18). The predicted molar refractivity (Wildman–Crippen MR) is 79.6 cm³/mol. The Morgan fingerprint density at radius 3 is 1.89 bits per heavy atom. The van der Waals surface area contributed by atoms with E-state index < -0.39 is 0 Å². The van der Waals surface area contributed by atoms with Crippen LogP contribution in [0.5, 0.6) is 0 Å². The van der Waals surface area contributed by atoms with Crippen LogP contribution >= 0.6 is 0 Å². The van der Waals surface area contributed by atoms with E-state index in [9.17, 15) is 4.79 Å². The quantitative estimate of drug-likeness (QED) is 0.665. The van der Waals surface area contributed by atoms with Gasteiger partial charge in [0.25, 0.3) is 0 Å². The third kappa shape index (κ3) is 13.5. The number of rotatable bonds is 7. The molecule has 1 amide bonds. The van der Waals surface area contributed by atoms with Crippen LogP contribution in [0.2, 0.25) is 0 Å². The van der Waals surface area contributed by atoms with E-state index in [1.54, 1.807) is 0 Å². The maximum absolute atomic E-state index is 11.6. The summed E-state index contributed by atoms with van der Waals surface area (Å²) in [6, 6.07) is 0. The van der Waals surface area contributed by atoms with Crippen LogP contribution in [0.25, 0.3) is 0 Å². The topological polar surface area (TPSA) is 29.1 Å². The molecule has 2 nitrogen and oxygen atoms in total. The third-order valence-corrected chi connectivity index (χ3v) is 2.87. The summed E-state index contributed by atoms with van der Waals surface area (Å²) in [5, 5.41) is 3.01. The molecule has 2 heteroatoms. The zero-order chi connectivity index (χ0) is 14.2. The number of hydrogen-bond donors (Lipinski definition) is 1. The first kappa shape index (κ1) is 17.5. The summed E-state index contributed by atoms with van der Waals surface area (Å²) < 4.78 is 0. The molecule has 0 radical (unpaired) electrons. The summed E-state index contributed by atoms with van der Waals surface area (Å²) in [6.07, 6.45) is 6.85. The molecule has 0 aromatic carbocycles. The molecule has 0 bridgehead atoms. The van der Waals surface area contributed by atoms with Gasteiger partial charge in [0.15, 0.2) is 0 Å². The molecule has 0 fully saturated rings. The Kier molecular flexibility index (Phi) is 7.58. The zero-order valence-electron chi connectivity index (χ0n) is 13.4. The minimum absolute atomic E-state index is 0.0940. The number of carbonyl (C=O) groups is 1. The van der Waals surface area contributed by atoms with Gasteiger partial charge in [0.2, 0.25) is 5.91 Å². The molecule has 0 saturated carbocycles. The van der Waals surface area contributed by atoms with Crippen molar-refractivity contribution in [2.45, 2.75) is 80.1 Å². The molecule has 0 aliphatic heterocycles. The maximum atomic E-state index is 11.6. The van der Waals surface area contributed by atoms with E-state index in [0.717, 1.165) is 13.0 Å². The molecule has 0 spiro atoms. The Bertz CT molecular complexity index is 232. The highest BCUT2D eigenvalue weighted by Crippen LogP contribution is 2.22. The van der Waals surface area contributed by atoms with E-state index in [4.69, 9.17) is 0 Å². The van der Waals surface area contributed by atoms with Crippen molar-refractivity contribution in [2.24, 2.45) is 10.8 Å². The minimum Gasteiger partial charge on any atom is -0.356 e. The monoisotopic (exact) mass is 255 g/mol. The van der Waals surface area contributed by atoms with Crippen molar-refractivity contribution in [3.05, 3.63) is 0 Å². The number of amides is 1. The van der Waals surface area contributed by atoms with Gasteiger partial charge in [0.05, 0.1) is 0 Å². The van der Waals surface area contributed by atoms with E-state index >= 15 is 0 Å². The lowest BCUT2D eigenvalue weighted by Crippen LogP contribution is -2.28. The fourth-order valence-electron chi connectivity index (χ4n) is 1.91. The zero-order valence-corrected chi connectivity index (χ0v) is 13.4. The molecular weight excluding hydrogens is 222 g/mol. The van der Waals surface area contributed by atoms with Crippen molar-refractivity contribution in [1.29, 1.82) is 0 Å². The van der Waals surface area contributed by atoms with Crippen LogP contribution in [0.4, 0.5) is 0 Å². The van der Waals surface area contributed by atoms with Crippen LogP contribution in [-0.2, 0) is 4.79 Å². The number of unbranched alkanes of at least 4 members (excludes halogenated alkanes) is 3. The molecule has 0 saturated heterocycles. The highest BCUT2D eigenvalue weighted by atomic mass is 16.1. The lowest BCUT2D eigenvalue weighted by atomic mass is 9.89. The van der Waals surface area contributed by atoms with Crippen LogP contribution in [0, 0.1) is 10.8 Å².